The fourth-order valence-electron chi connectivity index (χ4n) is 4.75. The van der Waals surface area contributed by atoms with Gasteiger partial charge in [0, 0.05) is 17.8 Å². The van der Waals surface area contributed by atoms with Gasteiger partial charge in [0.15, 0.2) is 0 Å². The molecule has 32 heavy (non-hydrogen) atoms. The van der Waals surface area contributed by atoms with Crippen molar-refractivity contribution in [1.29, 1.82) is 0 Å². The summed E-state index contributed by atoms with van der Waals surface area (Å²) in [6.45, 7) is 5.80. The highest BCUT2D eigenvalue weighted by molar-refractivity contribution is 6.46. The Morgan fingerprint density at radius 2 is 1.88 bits per heavy atom. The number of ether oxygens (including phenoxy) is 1. The van der Waals surface area contributed by atoms with Crippen molar-refractivity contribution in [2.45, 2.75) is 71.1 Å². The molecule has 1 aliphatic heterocycles. The molecular formula is C26H30N2O4. The van der Waals surface area contributed by atoms with Crippen molar-refractivity contribution < 1.29 is 19.4 Å². The number of carbonyl (C=O) groups excluding carboxylic acids is 2. The van der Waals surface area contributed by atoms with Crippen LogP contribution >= 0.6 is 0 Å². The SMILES string of the molecule is Cc1cc(/C(O)=C2/C(=O)C(=O)N(C3CCCCC3)C2c2ccccn2)ccc1OC(C)C. The molecule has 1 N–H and O–H groups in total. The third kappa shape index (κ3) is 4.14. The molecule has 1 saturated carbocycles. The molecule has 1 aliphatic carbocycles. The predicted octanol–water partition coefficient (Wildman–Crippen LogP) is 4.93. The van der Waals surface area contributed by atoms with Crippen LogP contribution in [0.3, 0.4) is 0 Å². The number of ketones is 1. The number of benzene rings is 1. The van der Waals surface area contributed by atoms with Gasteiger partial charge >= 0.3 is 0 Å². The van der Waals surface area contributed by atoms with Gasteiger partial charge in [0.05, 0.1) is 17.4 Å². The Hall–Kier alpha value is -3.15. The number of Topliss-reactive ketones (excluding diaryl/α,β-unsaturated/α-hetero) is 1. The normalized spacial score (nSPS) is 21.4. The molecule has 0 spiro atoms. The minimum Gasteiger partial charge on any atom is -0.507 e. The van der Waals surface area contributed by atoms with Crippen LogP contribution in [-0.4, -0.2) is 38.8 Å². The van der Waals surface area contributed by atoms with Crippen LogP contribution in [0.2, 0.25) is 0 Å². The maximum absolute atomic E-state index is 13.2. The zero-order valence-electron chi connectivity index (χ0n) is 18.9. The van der Waals surface area contributed by atoms with Crippen molar-refractivity contribution in [3.63, 3.8) is 0 Å². The Labute approximate surface area is 188 Å². The number of aliphatic hydroxyl groups excluding tert-OH is 1. The number of aromatic nitrogens is 1. The third-order valence-electron chi connectivity index (χ3n) is 6.23. The number of carbonyl (C=O) groups is 2. The predicted molar refractivity (Wildman–Crippen MR) is 122 cm³/mol. The molecule has 2 fully saturated rings. The van der Waals surface area contributed by atoms with Gasteiger partial charge in [-0.05, 0) is 69.5 Å². The van der Waals surface area contributed by atoms with Gasteiger partial charge in [-0.1, -0.05) is 25.3 Å². The van der Waals surface area contributed by atoms with Crippen LogP contribution in [0.15, 0.2) is 48.2 Å². The minimum absolute atomic E-state index is 0.0260. The van der Waals surface area contributed by atoms with Crippen LogP contribution in [0.1, 0.15) is 68.8 Å². The van der Waals surface area contributed by atoms with Gasteiger partial charge in [0.1, 0.15) is 17.6 Å². The first kappa shape index (κ1) is 22.1. The topological polar surface area (TPSA) is 79.7 Å². The Morgan fingerprint density at radius 3 is 2.50 bits per heavy atom. The Bertz CT molecular complexity index is 1040. The first-order valence-corrected chi connectivity index (χ1v) is 11.4. The number of hydrogen-bond acceptors (Lipinski definition) is 5. The molecule has 168 valence electrons. The number of likely N-dealkylation sites (tertiary alicyclic amines) is 1. The van der Waals surface area contributed by atoms with E-state index >= 15 is 0 Å². The Morgan fingerprint density at radius 1 is 1.12 bits per heavy atom. The second-order valence-corrected chi connectivity index (χ2v) is 8.90. The molecule has 1 saturated heterocycles. The first-order valence-electron chi connectivity index (χ1n) is 11.4. The van der Waals surface area contributed by atoms with E-state index in [9.17, 15) is 14.7 Å². The molecule has 2 heterocycles. The second kappa shape index (κ2) is 9.15. The van der Waals surface area contributed by atoms with Crippen LogP contribution in [0.4, 0.5) is 0 Å². The van der Waals surface area contributed by atoms with Crippen LogP contribution in [0.5, 0.6) is 5.75 Å². The fourth-order valence-corrected chi connectivity index (χ4v) is 4.75. The van der Waals surface area contributed by atoms with Crippen molar-refractivity contribution in [3.05, 3.63) is 65.0 Å². The molecule has 6 nitrogen and oxygen atoms in total. The van der Waals surface area contributed by atoms with Gasteiger partial charge in [-0.3, -0.25) is 14.6 Å². The number of amides is 1. The first-order chi connectivity index (χ1) is 15.4. The van der Waals surface area contributed by atoms with Gasteiger partial charge in [-0.15, -0.1) is 0 Å². The van der Waals surface area contributed by atoms with Crippen molar-refractivity contribution in [3.8, 4) is 5.75 Å². The number of aryl methyl sites for hydroxylation is 1. The monoisotopic (exact) mass is 434 g/mol. The number of rotatable bonds is 5. The van der Waals surface area contributed by atoms with Gasteiger partial charge in [-0.25, -0.2) is 0 Å². The highest BCUT2D eigenvalue weighted by atomic mass is 16.5. The molecule has 1 aromatic carbocycles. The number of aliphatic hydroxyl groups is 1. The average molecular weight is 435 g/mol. The van der Waals surface area contributed by atoms with Gasteiger partial charge < -0.3 is 14.7 Å². The van der Waals surface area contributed by atoms with Crippen molar-refractivity contribution in [1.82, 2.24) is 9.88 Å². The van der Waals surface area contributed by atoms with Crippen molar-refractivity contribution in [2.75, 3.05) is 0 Å². The van der Waals surface area contributed by atoms with E-state index in [0.29, 0.717) is 11.3 Å². The van der Waals surface area contributed by atoms with E-state index in [-0.39, 0.29) is 23.5 Å². The lowest BCUT2D eigenvalue weighted by Crippen LogP contribution is -2.40. The molecule has 2 aromatic rings. The average Bonchev–Trinajstić information content (AvgIpc) is 3.06. The summed E-state index contributed by atoms with van der Waals surface area (Å²) in [4.78, 5) is 32.5. The van der Waals surface area contributed by atoms with Crippen LogP contribution in [0, 0.1) is 6.92 Å². The van der Waals surface area contributed by atoms with Crippen molar-refractivity contribution >= 4 is 17.4 Å². The molecular weight excluding hydrogens is 404 g/mol. The zero-order chi connectivity index (χ0) is 22.8. The maximum Gasteiger partial charge on any atom is 0.295 e. The fraction of sp³-hybridized carbons (Fsp3) is 0.423. The Kier molecular flexibility index (Phi) is 6.31. The van der Waals surface area contributed by atoms with E-state index < -0.39 is 17.7 Å². The molecule has 4 rings (SSSR count). The summed E-state index contributed by atoms with van der Waals surface area (Å²) in [5, 5.41) is 11.3. The molecule has 1 amide bonds. The summed E-state index contributed by atoms with van der Waals surface area (Å²) >= 11 is 0. The number of hydrogen-bond donors (Lipinski definition) is 1. The second-order valence-electron chi connectivity index (χ2n) is 8.90. The largest absolute Gasteiger partial charge is 0.507 e. The molecule has 1 atom stereocenters. The standard InChI is InChI=1S/C26H30N2O4/c1-16(2)32-21-13-12-18(15-17(21)3)24(29)22-23(20-11-7-8-14-27-20)28(26(31)25(22)30)19-9-5-4-6-10-19/h7-8,11-16,19,23,29H,4-6,9-10H2,1-3H3/b24-22-. The van der Waals surface area contributed by atoms with Crippen molar-refractivity contribution in [2.24, 2.45) is 0 Å². The lowest BCUT2D eigenvalue weighted by Gasteiger charge is -2.35. The summed E-state index contributed by atoms with van der Waals surface area (Å²) in [6, 6.07) is 10.0. The van der Waals surface area contributed by atoms with Crippen LogP contribution in [0.25, 0.3) is 5.76 Å². The molecule has 0 radical (unpaired) electrons. The van der Waals surface area contributed by atoms with E-state index in [1.165, 1.54) is 0 Å². The molecule has 2 aliphatic rings. The van der Waals surface area contributed by atoms with E-state index in [1.54, 1.807) is 35.4 Å². The van der Waals surface area contributed by atoms with E-state index in [2.05, 4.69) is 4.98 Å². The van der Waals surface area contributed by atoms with E-state index in [1.807, 2.05) is 32.9 Å². The third-order valence-corrected chi connectivity index (χ3v) is 6.23. The number of nitrogens with zero attached hydrogens (tertiary/aromatic N) is 2. The highest BCUT2D eigenvalue weighted by Gasteiger charge is 2.49. The molecule has 1 aromatic heterocycles. The summed E-state index contributed by atoms with van der Waals surface area (Å²) in [5.74, 6) is -0.647. The quantitative estimate of drug-likeness (QED) is 0.410. The van der Waals surface area contributed by atoms with E-state index in [0.717, 1.165) is 43.4 Å². The Balaban J connectivity index is 1.81. The zero-order valence-corrected chi connectivity index (χ0v) is 18.9. The minimum atomic E-state index is -0.689. The van der Waals surface area contributed by atoms with Gasteiger partial charge in [0.2, 0.25) is 0 Å². The smallest absolute Gasteiger partial charge is 0.295 e. The van der Waals surface area contributed by atoms with Gasteiger partial charge in [0.25, 0.3) is 11.7 Å². The van der Waals surface area contributed by atoms with Crippen LogP contribution < -0.4 is 4.74 Å². The lowest BCUT2D eigenvalue weighted by atomic mass is 9.92. The summed E-state index contributed by atoms with van der Waals surface area (Å²) in [5.41, 5.74) is 2.03. The van der Waals surface area contributed by atoms with E-state index in [4.69, 9.17) is 4.74 Å². The number of pyridine rings is 1. The van der Waals surface area contributed by atoms with Crippen LogP contribution in [-0.2, 0) is 9.59 Å². The molecule has 6 heteroatoms. The maximum atomic E-state index is 13.2. The summed E-state index contributed by atoms with van der Waals surface area (Å²) in [6.07, 6.45) is 6.58. The highest BCUT2D eigenvalue weighted by Crippen LogP contribution is 2.42. The molecule has 1 unspecified atom stereocenters. The lowest BCUT2D eigenvalue weighted by molar-refractivity contribution is -0.141. The molecule has 0 bridgehead atoms. The summed E-state index contributed by atoms with van der Waals surface area (Å²) < 4.78 is 5.79. The summed E-state index contributed by atoms with van der Waals surface area (Å²) in [7, 11) is 0. The van der Waals surface area contributed by atoms with Gasteiger partial charge in [-0.2, -0.15) is 0 Å².